The van der Waals surface area contributed by atoms with E-state index in [2.05, 4.69) is 10.3 Å². The van der Waals surface area contributed by atoms with Crippen molar-refractivity contribution in [3.63, 3.8) is 0 Å². The lowest BCUT2D eigenvalue weighted by atomic mass is 10.2. The van der Waals surface area contributed by atoms with Gasteiger partial charge in [0.15, 0.2) is 6.04 Å². The van der Waals surface area contributed by atoms with Crippen LogP contribution in [0.3, 0.4) is 0 Å². The molecule has 1 aliphatic heterocycles. The van der Waals surface area contributed by atoms with Crippen LogP contribution in [-0.2, 0) is 9.59 Å². The van der Waals surface area contributed by atoms with Crippen molar-refractivity contribution >= 4 is 29.3 Å². The molecule has 1 aromatic carbocycles. The van der Waals surface area contributed by atoms with Gasteiger partial charge in [0, 0.05) is 11.4 Å². The van der Waals surface area contributed by atoms with E-state index in [9.17, 15) is 9.59 Å². The molecule has 0 bridgehead atoms. The van der Waals surface area contributed by atoms with Crippen LogP contribution >= 0.6 is 11.6 Å². The van der Waals surface area contributed by atoms with Crippen molar-refractivity contribution in [1.29, 1.82) is 0 Å². The molecule has 1 atom stereocenters. The van der Waals surface area contributed by atoms with Crippen LogP contribution in [-0.4, -0.2) is 30.3 Å². The quantitative estimate of drug-likeness (QED) is 0.803. The molecule has 0 fully saturated rings. The Balaban J connectivity index is 1.92. The SMILES string of the molecule is Cc1cc(Cl)ccc1OCCC1=NC(=O)C(N)C(=O)N1. The van der Waals surface area contributed by atoms with E-state index in [1.165, 1.54) is 0 Å². The molecule has 2 amide bonds. The van der Waals surface area contributed by atoms with Gasteiger partial charge in [-0.1, -0.05) is 11.6 Å². The fourth-order valence-corrected chi connectivity index (χ4v) is 1.94. The highest BCUT2D eigenvalue weighted by atomic mass is 35.5. The fourth-order valence-electron chi connectivity index (χ4n) is 1.71. The van der Waals surface area contributed by atoms with Gasteiger partial charge in [0.1, 0.15) is 11.6 Å². The van der Waals surface area contributed by atoms with Crippen LogP contribution in [0.25, 0.3) is 0 Å². The maximum absolute atomic E-state index is 11.3. The normalized spacial score (nSPS) is 18.6. The second-order valence-corrected chi connectivity index (χ2v) is 4.81. The van der Waals surface area contributed by atoms with Crippen molar-refractivity contribution in [1.82, 2.24) is 5.32 Å². The van der Waals surface area contributed by atoms with E-state index in [4.69, 9.17) is 22.1 Å². The van der Waals surface area contributed by atoms with Gasteiger partial charge in [-0.2, -0.15) is 4.99 Å². The summed E-state index contributed by atoms with van der Waals surface area (Å²) in [7, 11) is 0. The molecule has 0 aromatic heterocycles. The number of aryl methyl sites for hydroxylation is 1. The van der Waals surface area contributed by atoms with Crippen LogP contribution in [0.1, 0.15) is 12.0 Å². The smallest absolute Gasteiger partial charge is 0.273 e. The van der Waals surface area contributed by atoms with Gasteiger partial charge in [0.2, 0.25) is 0 Å². The monoisotopic (exact) mass is 295 g/mol. The number of hydrogen-bond donors (Lipinski definition) is 2. The fraction of sp³-hybridized carbons (Fsp3) is 0.308. The molecule has 1 unspecified atom stereocenters. The Morgan fingerprint density at radius 2 is 2.20 bits per heavy atom. The number of nitrogens with two attached hydrogens (primary N) is 1. The van der Waals surface area contributed by atoms with Crippen molar-refractivity contribution in [2.75, 3.05) is 6.61 Å². The molecule has 1 aliphatic rings. The molecule has 2 rings (SSSR count). The highest BCUT2D eigenvalue weighted by molar-refractivity contribution is 6.30. The van der Waals surface area contributed by atoms with Crippen molar-refractivity contribution < 1.29 is 14.3 Å². The Hall–Kier alpha value is -1.92. The average Bonchev–Trinajstić information content (AvgIpc) is 2.38. The summed E-state index contributed by atoms with van der Waals surface area (Å²) in [5.74, 6) is -0.206. The molecule has 106 valence electrons. The maximum atomic E-state index is 11.3. The lowest BCUT2D eigenvalue weighted by Gasteiger charge is -2.17. The minimum absolute atomic E-state index is 0.272. The summed E-state index contributed by atoms with van der Waals surface area (Å²) in [6.45, 7) is 2.16. The minimum atomic E-state index is -1.21. The van der Waals surface area contributed by atoms with E-state index in [0.29, 0.717) is 17.2 Å². The lowest BCUT2D eigenvalue weighted by molar-refractivity contribution is -0.129. The number of amidine groups is 1. The number of nitrogens with one attached hydrogen (secondary N) is 1. The number of halogens is 1. The molecule has 6 nitrogen and oxygen atoms in total. The standard InChI is InChI=1S/C13H14ClN3O3/c1-7-6-8(14)2-3-9(7)20-5-4-10-16-12(18)11(15)13(19)17-10/h2-3,6,11H,4-5,15H2,1H3,(H,16,17,18,19). The van der Waals surface area contributed by atoms with Crippen molar-refractivity contribution in [2.45, 2.75) is 19.4 Å². The van der Waals surface area contributed by atoms with E-state index < -0.39 is 17.9 Å². The Kier molecular flexibility index (Phi) is 4.36. The molecule has 0 aliphatic carbocycles. The van der Waals surface area contributed by atoms with Gasteiger partial charge < -0.3 is 15.8 Å². The first-order chi connectivity index (χ1) is 9.47. The number of amides is 2. The predicted octanol–water partition coefficient (Wildman–Crippen LogP) is 0.800. The zero-order valence-electron chi connectivity index (χ0n) is 10.9. The minimum Gasteiger partial charge on any atom is -0.493 e. The van der Waals surface area contributed by atoms with Crippen LogP contribution < -0.4 is 15.8 Å². The molecule has 1 heterocycles. The van der Waals surface area contributed by atoms with Gasteiger partial charge in [-0.25, -0.2) is 0 Å². The van der Waals surface area contributed by atoms with Crippen molar-refractivity contribution in [2.24, 2.45) is 10.7 Å². The number of hydrogen-bond acceptors (Lipinski definition) is 4. The van der Waals surface area contributed by atoms with Gasteiger partial charge in [-0.05, 0) is 30.7 Å². The van der Waals surface area contributed by atoms with Crippen LogP contribution in [0, 0.1) is 6.92 Å². The molecule has 0 saturated heterocycles. The second kappa shape index (κ2) is 6.02. The summed E-state index contributed by atoms with van der Waals surface area (Å²) in [6.07, 6.45) is 0.312. The lowest BCUT2D eigenvalue weighted by Crippen LogP contribution is -2.52. The van der Waals surface area contributed by atoms with Crippen LogP contribution in [0.2, 0.25) is 5.02 Å². The van der Waals surface area contributed by atoms with E-state index in [-0.39, 0.29) is 12.4 Å². The molecular weight excluding hydrogens is 282 g/mol. The Labute approximate surface area is 121 Å². The number of carbonyl (C=O) groups is 2. The van der Waals surface area contributed by atoms with Crippen LogP contribution in [0.4, 0.5) is 0 Å². The van der Waals surface area contributed by atoms with Crippen LogP contribution in [0.15, 0.2) is 23.2 Å². The summed E-state index contributed by atoms with van der Waals surface area (Å²) in [5, 5.41) is 3.11. The van der Waals surface area contributed by atoms with E-state index in [1.54, 1.807) is 18.2 Å². The predicted molar refractivity (Wildman–Crippen MR) is 74.9 cm³/mol. The molecule has 3 N–H and O–H groups in total. The largest absolute Gasteiger partial charge is 0.493 e. The van der Waals surface area contributed by atoms with Gasteiger partial charge in [0.25, 0.3) is 11.8 Å². The Morgan fingerprint density at radius 3 is 2.85 bits per heavy atom. The van der Waals surface area contributed by atoms with Crippen LogP contribution in [0.5, 0.6) is 5.75 Å². The molecule has 0 radical (unpaired) electrons. The third kappa shape index (κ3) is 3.34. The van der Waals surface area contributed by atoms with E-state index in [0.717, 1.165) is 5.56 Å². The molecule has 20 heavy (non-hydrogen) atoms. The third-order valence-corrected chi connectivity index (χ3v) is 3.03. The highest BCUT2D eigenvalue weighted by Crippen LogP contribution is 2.21. The first kappa shape index (κ1) is 14.5. The zero-order valence-corrected chi connectivity index (χ0v) is 11.6. The summed E-state index contributed by atoms with van der Waals surface area (Å²) in [6, 6.07) is 4.07. The Bertz CT molecular complexity index is 586. The van der Waals surface area contributed by atoms with Crippen molar-refractivity contribution in [3.05, 3.63) is 28.8 Å². The number of ether oxygens (including phenoxy) is 1. The number of aliphatic imine (C=N–C) groups is 1. The van der Waals surface area contributed by atoms with E-state index in [1.807, 2.05) is 6.92 Å². The molecule has 0 spiro atoms. The molecule has 7 heteroatoms. The number of carbonyl (C=O) groups excluding carboxylic acids is 2. The zero-order chi connectivity index (χ0) is 14.7. The average molecular weight is 296 g/mol. The van der Waals surface area contributed by atoms with Crippen molar-refractivity contribution in [3.8, 4) is 5.75 Å². The Morgan fingerprint density at radius 1 is 1.45 bits per heavy atom. The summed E-state index contributed by atoms with van der Waals surface area (Å²) >= 11 is 5.85. The third-order valence-electron chi connectivity index (χ3n) is 2.79. The summed E-state index contributed by atoms with van der Waals surface area (Å²) in [5.41, 5.74) is 6.23. The first-order valence-electron chi connectivity index (χ1n) is 6.04. The second-order valence-electron chi connectivity index (χ2n) is 4.37. The molecule has 1 aromatic rings. The van der Waals surface area contributed by atoms with Gasteiger partial charge in [-0.3, -0.25) is 9.59 Å². The van der Waals surface area contributed by atoms with Gasteiger partial charge >= 0.3 is 0 Å². The first-order valence-corrected chi connectivity index (χ1v) is 6.42. The topological polar surface area (TPSA) is 93.8 Å². The van der Waals surface area contributed by atoms with Gasteiger partial charge in [0.05, 0.1) is 6.61 Å². The number of rotatable bonds is 4. The number of benzene rings is 1. The highest BCUT2D eigenvalue weighted by Gasteiger charge is 2.27. The maximum Gasteiger partial charge on any atom is 0.273 e. The van der Waals surface area contributed by atoms with E-state index >= 15 is 0 Å². The molecular formula is C13H14ClN3O3. The number of nitrogens with zero attached hydrogens (tertiary/aromatic N) is 1. The van der Waals surface area contributed by atoms with Gasteiger partial charge in [-0.15, -0.1) is 0 Å². The molecule has 0 saturated carbocycles. The summed E-state index contributed by atoms with van der Waals surface area (Å²) in [4.78, 5) is 26.4. The summed E-state index contributed by atoms with van der Waals surface area (Å²) < 4.78 is 5.56.